The zero-order chi connectivity index (χ0) is 9.97. The molecule has 0 spiro atoms. The smallest absolute Gasteiger partial charge is 0.230 e. The monoisotopic (exact) mass is 214 g/mol. The summed E-state index contributed by atoms with van der Waals surface area (Å²) in [5, 5.41) is 13.0. The molecule has 1 N–H and O–H groups in total. The lowest BCUT2D eigenvalue weighted by molar-refractivity contribution is 0.191. The topological polar surface area (TPSA) is 59.2 Å². The molecule has 0 saturated carbocycles. The molecule has 4 nitrogen and oxygen atoms in total. The van der Waals surface area contributed by atoms with Crippen LogP contribution in [0.25, 0.3) is 0 Å². The lowest BCUT2D eigenvalue weighted by Crippen LogP contribution is -2.06. The molecule has 0 radical (unpaired) electrons. The van der Waals surface area contributed by atoms with Gasteiger partial charge < -0.3 is 9.63 Å². The lowest BCUT2D eigenvalue weighted by Gasteiger charge is -1.99. The van der Waals surface area contributed by atoms with E-state index in [0.29, 0.717) is 18.2 Å². The van der Waals surface area contributed by atoms with Crippen LogP contribution in [0.5, 0.6) is 0 Å². The predicted octanol–water partition coefficient (Wildman–Crippen LogP) is 1.21. The molecule has 14 heavy (non-hydrogen) atoms. The zero-order valence-electron chi connectivity index (χ0n) is 8.14. The Balaban J connectivity index is 2.01. The molecule has 2 rings (SSSR count). The van der Waals surface area contributed by atoms with E-state index in [9.17, 15) is 0 Å². The maximum atomic E-state index is 9.15. The molecule has 2 heterocycles. The minimum absolute atomic E-state index is 0.404. The Hall–Kier alpha value is -0.550. The Morgan fingerprint density at radius 2 is 2.57 bits per heavy atom. The van der Waals surface area contributed by atoms with Gasteiger partial charge in [-0.15, -0.1) is 0 Å². The third-order valence-corrected chi connectivity index (χ3v) is 3.40. The molecular weight excluding hydrogens is 200 g/mol. The molecule has 1 fully saturated rings. The number of aromatic nitrogens is 2. The summed E-state index contributed by atoms with van der Waals surface area (Å²) in [5.41, 5.74) is 0. The van der Waals surface area contributed by atoms with Gasteiger partial charge >= 0.3 is 0 Å². The minimum Gasteiger partial charge on any atom is -0.393 e. The molecule has 2 atom stereocenters. The fraction of sp³-hybridized carbons (Fsp3) is 0.778. The first-order chi connectivity index (χ1) is 6.75. The molecule has 5 heteroatoms. The van der Waals surface area contributed by atoms with Gasteiger partial charge in [0.25, 0.3) is 0 Å². The molecule has 1 aliphatic heterocycles. The molecule has 0 amide bonds. The van der Waals surface area contributed by atoms with E-state index >= 15 is 0 Å². The summed E-state index contributed by atoms with van der Waals surface area (Å²) < 4.78 is 5.16. The van der Waals surface area contributed by atoms with Crippen LogP contribution in [0.4, 0.5) is 0 Å². The Kier molecular flexibility index (Phi) is 3.08. The summed E-state index contributed by atoms with van der Waals surface area (Å²) in [5.74, 6) is 4.04. The van der Waals surface area contributed by atoms with Gasteiger partial charge in [0.15, 0.2) is 5.82 Å². The maximum Gasteiger partial charge on any atom is 0.230 e. The van der Waals surface area contributed by atoms with Gasteiger partial charge in [0.05, 0.1) is 6.10 Å². The van der Waals surface area contributed by atoms with Crippen LogP contribution in [0.2, 0.25) is 0 Å². The van der Waals surface area contributed by atoms with Crippen molar-refractivity contribution in [1.82, 2.24) is 10.1 Å². The molecule has 1 aromatic heterocycles. The number of nitrogens with zero attached hydrogens (tertiary/aromatic N) is 2. The average molecular weight is 214 g/mol. The number of aliphatic hydroxyl groups is 1. The van der Waals surface area contributed by atoms with Crippen molar-refractivity contribution in [2.75, 3.05) is 11.5 Å². The number of hydrogen-bond donors (Lipinski definition) is 1. The quantitative estimate of drug-likeness (QED) is 0.819. The molecule has 1 saturated heterocycles. The highest BCUT2D eigenvalue weighted by Crippen LogP contribution is 2.31. The summed E-state index contributed by atoms with van der Waals surface area (Å²) in [6.45, 7) is 1.72. The van der Waals surface area contributed by atoms with E-state index in [1.807, 2.05) is 11.8 Å². The summed E-state index contributed by atoms with van der Waals surface area (Å²) in [4.78, 5) is 4.28. The Labute approximate surface area is 87.1 Å². The second-order valence-corrected chi connectivity index (χ2v) is 4.81. The van der Waals surface area contributed by atoms with Gasteiger partial charge in [-0.25, -0.2) is 0 Å². The standard InChI is InChI=1S/C9H14N2O2S/c1-6(12)4-8-10-9(13-11-8)7-2-3-14-5-7/h6-7,12H,2-5H2,1H3. The second kappa shape index (κ2) is 4.31. The van der Waals surface area contributed by atoms with Gasteiger partial charge in [0.1, 0.15) is 0 Å². The number of thioether (sulfide) groups is 1. The van der Waals surface area contributed by atoms with Crippen molar-refractivity contribution < 1.29 is 9.63 Å². The van der Waals surface area contributed by atoms with Crippen molar-refractivity contribution in [3.05, 3.63) is 11.7 Å². The number of rotatable bonds is 3. The molecular formula is C9H14N2O2S. The van der Waals surface area contributed by atoms with Crippen LogP contribution in [0.3, 0.4) is 0 Å². The summed E-state index contributed by atoms with van der Waals surface area (Å²) in [7, 11) is 0. The Morgan fingerprint density at radius 1 is 1.71 bits per heavy atom. The highest BCUT2D eigenvalue weighted by Gasteiger charge is 2.23. The maximum absolute atomic E-state index is 9.15. The van der Waals surface area contributed by atoms with Crippen molar-refractivity contribution >= 4 is 11.8 Å². The van der Waals surface area contributed by atoms with Gasteiger partial charge in [-0.2, -0.15) is 16.7 Å². The first kappa shape index (κ1) is 9.98. The summed E-state index contributed by atoms with van der Waals surface area (Å²) in [6.07, 6.45) is 1.20. The third-order valence-electron chi connectivity index (χ3n) is 2.24. The van der Waals surface area contributed by atoms with Crippen LogP contribution in [0.1, 0.15) is 31.0 Å². The molecule has 0 bridgehead atoms. The highest BCUT2D eigenvalue weighted by atomic mass is 32.2. The van der Waals surface area contributed by atoms with E-state index < -0.39 is 6.10 Å². The second-order valence-electron chi connectivity index (χ2n) is 3.66. The zero-order valence-corrected chi connectivity index (χ0v) is 8.96. The van der Waals surface area contributed by atoms with Gasteiger partial charge in [-0.05, 0) is 19.1 Å². The molecule has 0 aliphatic carbocycles. The summed E-state index contributed by atoms with van der Waals surface area (Å²) in [6, 6.07) is 0. The molecule has 0 aromatic carbocycles. The number of aliphatic hydroxyl groups excluding tert-OH is 1. The van der Waals surface area contributed by atoms with Crippen LogP contribution in [-0.2, 0) is 6.42 Å². The van der Waals surface area contributed by atoms with Gasteiger partial charge in [-0.1, -0.05) is 5.16 Å². The molecule has 1 aliphatic rings. The molecule has 2 unspecified atom stereocenters. The Morgan fingerprint density at radius 3 is 3.21 bits per heavy atom. The van der Waals surface area contributed by atoms with Crippen molar-refractivity contribution in [1.29, 1.82) is 0 Å². The molecule has 78 valence electrons. The van der Waals surface area contributed by atoms with E-state index in [2.05, 4.69) is 10.1 Å². The van der Waals surface area contributed by atoms with Crippen LogP contribution >= 0.6 is 11.8 Å². The predicted molar refractivity (Wildman–Crippen MR) is 54.4 cm³/mol. The normalized spacial score (nSPS) is 24.0. The highest BCUT2D eigenvalue weighted by molar-refractivity contribution is 7.99. The largest absolute Gasteiger partial charge is 0.393 e. The first-order valence-electron chi connectivity index (χ1n) is 4.84. The molecule has 1 aromatic rings. The van der Waals surface area contributed by atoms with Crippen molar-refractivity contribution in [2.24, 2.45) is 0 Å². The van der Waals surface area contributed by atoms with Crippen molar-refractivity contribution in [2.45, 2.75) is 31.8 Å². The van der Waals surface area contributed by atoms with Crippen molar-refractivity contribution in [3.63, 3.8) is 0 Å². The average Bonchev–Trinajstić information content (AvgIpc) is 2.69. The van der Waals surface area contributed by atoms with E-state index in [1.54, 1.807) is 6.92 Å². The van der Waals surface area contributed by atoms with E-state index in [-0.39, 0.29) is 0 Å². The van der Waals surface area contributed by atoms with Gasteiger partial charge in [0.2, 0.25) is 5.89 Å². The van der Waals surface area contributed by atoms with Crippen LogP contribution in [-0.4, -0.2) is 32.9 Å². The summed E-state index contributed by atoms with van der Waals surface area (Å²) >= 11 is 1.92. The van der Waals surface area contributed by atoms with Gasteiger partial charge in [0, 0.05) is 18.1 Å². The fourth-order valence-electron chi connectivity index (χ4n) is 1.51. The van der Waals surface area contributed by atoms with E-state index in [1.165, 1.54) is 5.75 Å². The van der Waals surface area contributed by atoms with Crippen molar-refractivity contribution in [3.8, 4) is 0 Å². The van der Waals surface area contributed by atoms with Crippen LogP contribution in [0.15, 0.2) is 4.52 Å². The van der Waals surface area contributed by atoms with E-state index in [0.717, 1.165) is 18.1 Å². The Bertz CT molecular complexity index is 295. The third kappa shape index (κ3) is 2.27. The van der Waals surface area contributed by atoms with Crippen LogP contribution in [0, 0.1) is 0 Å². The number of hydrogen-bond acceptors (Lipinski definition) is 5. The first-order valence-corrected chi connectivity index (χ1v) is 5.99. The van der Waals surface area contributed by atoms with E-state index in [4.69, 9.17) is 9.63 Å². The fourth-order valence-corrected chi connectivity index (χ4v) is 2.72. The van der Waals surface area contributed by atoms with Crippen LogP contribution < -0.4 is 0 Å². The minimum atomic E-state index is -0.404. The van der Waals surface area contributed by atoms with Gasteiger partial charge in [-0.3, -0.25) is 0 Å². The SMILES string of the molecule is CC(O)Cc1noc(C2CCSC2)n1. The lowest BCUT2D eigenvalue weighted by atomic mass is 10.1.